The molecule has 0 radical (unpaired) electrons. The number of rotatable bonds is 4. The van der Waals surface area contributed by atoms with Crippen molar-refractivity contribution in [2.45, 2.75) is 13.3 Å². The molecule has 3 aromatic rings. The normalized spacial score (nSPS) is 12.6. The number of nitro groups is 1. The van der Waals surface area contributed by atoms with E-state index in [-0.39, 0.29) is 5.69 Å². The van der Waals surface area contributed by atoms with Gasteiger partial charge in [-0.2, -0.15) is 5.10 Å². The molecule has 0 unspecified atom stereocenters. The second kappa shape index (κ2) is 6.70. The van der Waals surface area contributed by atoms with Gasteiger partial charge < -0.3 is 10.1 Å². The molecule has 1 aliphatic heterocycles. The zero-order chi connectivity index (χ0) is 19.1. The first-order valence-electron chi connectivity index (χ1n) is 8.44. The third-order valence-electron chi connectivity index (χ3n) is 4.70. The van der Waals surface area contributed by atoms with Crippen LogP contribution in [0.4, 0.5) is 11.5 Å². The van der Waals surface area contributed by atoms with Gasteiger partial charge in [-0.25, -0.2) is 4.68 Å². The standard InChI is InChI=1S/C19H17BrN4O3/c1-11-3-5-13(24(25)26)10-16(11)23-19-14(7-8-21-19)18(22-23)15-9-12(20)4-6-17(15)27-2/h3-6,9-10,21H,7-8H2,1-2H3. The summed E-state index contributed by atoms with van der Waals surface area (Å²) in [7, 11) is 1.63. The highest BCUT2D eigenvalue weighted by atomic mass is 79.9. The number of aromatic nitrogens is 2. The number of nitrogens with one attached hydrogen (secondary N) is 1. The van der Waals surface area contributed by atoms with Gasteiger partial charge in [0.05, 0.1) is 17.7 Å². The van der Waals surface area contributed by atoms with E-state index in [0.717, 1.165) is 51.4 Å². The molecule has 2 aromatic carbocycles. The van der Waals surface area contributed by atoms with E-state index in [1.54, 1.807) is 23.9 Å². The number of nitro benzene ring substituents is 1. The quantitative estimate of drug-likeness (QED) is 0.488. The van der Waals surface area contributed by atoms with Crippen LogP contribution in [0.5, 0.6) is 5.75 Å². The van der Waals surface area contributed by atoms with E-state index < -0.39 is 4.92 Å². The Kier molecular flexibility index (Phi) is 4.35. The number of aryl methyl sites for hydroxylation is 1. The van der Waals surface area contributed by atoms with Crippen LogP contribution >= 0.6 is 15.9 Å². The molecule has 0 amide bonds. The van der Waals surface area contributed by atoms with E-state index in [0.29, 0.717) is 5.69 Å². The highest BCUT2D eigenvalue weighted by molar-refractivity contribution is 9.10. The second-order valence-electron chi connectivity index (χ2n) is 6.34. The average molecular weight is 429 g/mol. The summed E-state index contributed by atoms with van der Waals surface area (Å²) in [4.78, 5) is 10.8. The molecule has 0 spiro atoms. The average Bonchev–Trinajstić information content (AvgIpc) is 3.24. The van der Waals surface area contributed by atoms with Crippen LogP contribution < -0.4 is 10.1 Å². The predicted molar refractivity (Wildman–Crippen MR) is 107 cm³/mol. The van der Waals surface area contributed by atoms with Gasteiger partial charge in [0, 0.05) is 34.3 Å². The fourth-order valence-corrected chi connectivity index (χ4v) is 3.73. The summed E-state index contributed by atoms with van der Waals surface area (Å²) in [5.74, 6) is 1.60. The number of methoxy groups -OCH3 is 1. The summed E-state index contributed by atoms with van der Waals surface area (Å²) in [6.45, 7) is 2.71. The number of non-ortho nitro benzene ring substituents is 1. The van der Waals surface area contributed by atoms with E-state index in [2.05, 4.69) is 21.2 Å². The van der Waals surface area contributed by atoms with E-state index >= 15 is 0 Å². The molecule has 1 N–H and O–H groups in total. The number of fused-ring (bicyclic) bond motifs is 1. The van der Waals surface area contributed by atoms with E-state index in [9.17, 15) is 10.1 Å². The Bertz CT molecular complexity index is 1060. The van der Waals surface area contributed by atoms with Crippen molar-refractivity contribution in [1.29, 1.82) is 0 Å². The molecule has 0 fully saturated rings. The van der Waals surface area contributed by atoms with Crippen LogP contribution in [0.1, 0.15) is 11.1 Å². The van der Waals surface area contributed by atoms with E-state index in [1.807, 2.05) is 25.1 Å². The lowest BCUT2D eigenvalue weighted by molar-refractivity contribution is -0.384. The third-order valence-corrected chi connectivity index (χ3v) is 5.19. The van der Waals surface area contributed by atoms with Crippen LogP contribution in [0.25, 0.3) is 16.9 Å². The molecule has 7 nitrogen and oxygen atoms in total. The van der Waals surface area contributed by atoms with Crippen LogP contribution in [-0.4, -0.2) is 28.4 Å². The molecule has 138 valence electrons. The van der Waals surface area contributed by atoms with Crippen LogP contribution in [0.3, 0.4) is 0 Å². The molecule has 8 heteroatoms. The minimum atomic E-state index is -0.391. The van der Waals surface area contributed by atoms with Crippen molar-refractivity contribution < 1.29 is 9.66 Å². The van der Waals surface area contributed by atoms with Gasteiger partial charge in [0.15, 0.2) is 0 Å². The lowest BCUT2D eigenvalue weighted by Crippen LogP contribution is -2.06. The molecular weight excluding hydrogens is 412 g/mol. The maximum Gasteiger partial charge on any atom is 0.271 e. The van der Waals surface area contributed by atoms with Gasteiger partial charge in [0.2, 0.25) is 0 Å². The molecule has 27 heavy (non-hydrogen) atoms. The van der Waals surface area contributed by atoms with E-state index in [4.69, 9.17) is 9.84 Å². The first kappa shape index (κ1) is 17.5. The molecule has 0 atom stereocenters. The topological polar surface area (TPSA) is 82.2 Å². The number of ether oxygens (including phenoxy) is 1. The Morgan fingerprint density at radius 3 is 2.85 bits per heavy atom. The van der Waals surface area contributed by atoms with Crippen molar-refractivity contribution in [2.24, 2.45) is 0 Å². The summed E-state index contributed by atoms with van der Waals surface area (Å²) in [6.07, 6.45) is 0.828. The zero-order valence-corrected chi connectivity index (χ0v) is 16.4. The molecule has 2 heterocycles. The van der Waals surface area contributed by atoms with Crippen molar-refractivity contribution in [1.82, 2.24) is 9.78 Å². The predicted octanol–water partition coefficient (Wildman–Crippen LogP) is 4.50. The first-order chi connectivity index (χ1) is 13.0. The smallest absolute Gasteiger partial charge is 0.271 e. The highest BCUT2D eigenvalue weighted by Gasteiger charge is 2.27. The molecular formula is C19H17BrN4O3. The zero-order valence-electron chi connectivity index (χ0n) is 14.8. The van der Waals surface area contributed by atoms with Crippen LogP contribution in [0.15, 0.2) is 40.9 Å². The number of anilines is 1. The van der Waals surface area contributed by atoms with Crippen LogP contribution in [0, 0.1) is 17.0 Å². The maximum atomic E-state index is 11.2. The van der Waals surface area contributed by atoms with Crippen molar-refractivity contribution in [3.63, 3.8) is 0 Å². The summed E-state index contributed by atoms with van der Waals surface area (Å²) in [5, 5.41) is 19.4. The molecule has 0 saturated carbocycles. The van der Waals surface area contributed by atoms with Gasteiger partial charge in [-0.05, 0) is 37.1 Å². The van der Waals surface area contributed by atoms with Crippen molar-refractivity contribution >= 4 is 27.4 Å². The maximum absolute atomic E-state index is 11.2. The number of hydrogen-bond donors (Lipinski definition) is 1. The molecule has 0 aliphatic carbocycles. The van der Waals surface area contributed by atoms with Crippen molar-refractivity contribution in [2.75, 3.05) is 19.0 Å². The van der Waals surface area contributed by atoms with Crippen molar-refractivity contribution in [3.05, 3.63) is 62.1 Å². The molecule has 0 bridgehead atoms. The molecule has 4 rings (SSSR count). The Morgan fingerprint density at radius 2 is 2.11 bits per heavy atom. The fraction of sp³-hybridized carbons (Fsp3) is 0.211. The number of hydrogen-bond acceptors (Lipinski definition) is 5. The van der Waals surface area contributed by atoms with Gasteiger partial charge in [-0.15, -0.1) is 0 Å². The van der Waals surface area contributed by atoms with Gasteiger partial charge in [0.1, 0.15) is 17.3 Å². The minimum absolute atomic E-state index is 0.0411. The third kappa shape index (κ3) is 2.95. The second-order valence-corrected chi connectivity index (χ2v) is 7.25. The van der Waals surface area contributed by atoms with Gasteiger partial charge in [-0.3, -0.25) is 10.1 Å². The highest BCUT2D eigenvalue weighted by Crippen LogP contribution is 2.40. The monoisotopic (exact) mass is 428 g/mol. The summed E-state index contributed by atoms with van der Waals surface area (Å²) < 4.78 is 8.22. The lowest BCUT2D eigenvalue weighted by atomic mass is 10.1. The number of benzene rings is 2. The number of halogens is 1. The fourth-order valence-electron chi connectivity index (χ4n) is 3.37. The summed E-state index contributed by atoms with van der Waals surface area (Å²) >= 11 is 3.51. The Labute approximate surface area is 164 Å². The molecule has 1 aliphatic rings. The Balaban J connectivity index is 1.94. The molecule has 0 saturated heterocycles. The first-order valence-corrected chi connectivity index (χ1v) is 9.24. The molecule has 1 aromatic heterocycles. The van der Waals surface area contributed by atoms with Gasteiger partial charge in [0.25, 0.3) is 5.69 Å². The SMILES string of the molecule is COc1ccc(Br)cc1-c1nn(-c2cc([N+](=O)[O-])ccc2C)c2c1CCN2. The minimum Gasteiger partial charge on any atom is -0.496 e. The van der Waals surface area contributed by atoms with Crippen molar-refractivity contribution in [3.8, 4) is 22.7 Å². The van der Waals surface area contributed by atoms with Gasteiger partial charge in [-0.1, -0.05) is 22.0 Å². The number of nitrogens with zero attached hydrogens (tertiary/aromatic N) is 3. The van der Waals surface area contributed by atoms with E-state index in [1.165, 1.54) is 6.07 Å². The summed E-state index contributed by atoms with van der Waals surface area (Å²) in [6, 6.07) is 10.6. The Morgan fingerprint density at radius 1 is 1.30 bits per heavy atom. The summed E-state index contributed by atoms with van der Waals surface area (Å²) in [5.41, 5.74) is 4.42. The largest absolute Gasteiger partial charge is 0.496 e. The van der Waals surface area contributed by atoms with Crippen LogP contribution in [-0.2, 0) is 6.42 Å². The Hall–Kier alpha value is -2.87. The van der Waals surface area contributed by atoms with Crippen LogP contribution in [0.2, 0.25) is 0 Å². The lowest BCUT2D eigenvalue weighted by Gasteiger charge is -2.10. The van der Waals surface area contributed by atoms with Gasteiger partial charge >= 0.3 is 0 Å².